The van der Waals surface area contributed by atoms with Gasteiger partial charge in [-0.05, 0) is 46.6 Å². The molecule has 4 nitrogen and oxygen atoms in total. The van der Waals surface area contributed by atoms with Gasteiger partial charge in [0.15, 0.2) is 17.3 Å². The number of rotatable bonds is 4. The Morgan fingerprint density at radius 3 is 2.75 bits per heavy atom. The maximum absolute atomic E-state index is 13.7. The average Bonchev–Trinajstić information content (AvgIpc) is 2.42. The van der Waals surface area contributed by atoms with Crippen molar-refractivity contribution in [2.24, 2.45) is 0 Å². The fourth-order valence-electron chi connectivity index (χ4n) is 1.53. The molecule has 0 saturated heterocycles. The third kappa shape index (κ3) is 3.20. The van der Waals surface area contributed by atoms with Gasteiger partial charge in [-0.1, -0.05) is 6.07 Å². The minimum absolute atomic E-state index is 0.0688. The van der Waals surface area contributed by atoms with Crippen molar-refractivity contribution in [3.63, 3.8) is 0 Å². The molecular formula is C14H11BrFNO3. The van der Waals surface area contributed by atoms with Crippen LogP contribution in [0.15, 0.2) is 34.9 Å². The molecule has 0 aliphatic carbocycles. The second kappa shape index (κ2) is 6.11. The van der Waals surface area contributed by atoms with Crippen LogP contribution in [0, 0.1) is 12.7 Å². The van der Waals surface area contributed by atoms with Crippen LogP contribution in [0.4, 0.5) is 4.39 Å². The summed E-state index contributed by atoms with van der Waals surface area (Å²) in [6.07, 6.45) is 1.30. The third-order valence-electron chi connectivity index (χ3n) is 2.56. The normalized spacial score (nSPS) is 10.4. The van der Waals surface area contributed by atoms with Crippen LogP contribution < -0.4 is 4.74 Å². The molecule has 0 spiro atoms. The molecule has 1 aromatic heterocycles. The predicted molar refractivity (Wildman–Crippen MR) is 74.6 cm³/mol. The standard InChI is InChI=1S/C14H11BrFNO3/c1-8-2-3-13(10(16)4-8)20-14-6-17-11(5-9(14)15)12(19)7-18/h2-6,18H,7H2,1H3. The zero-order valence-corrected chi connectivity index (χ0v) is 12.1. The number of aliphatic hydroxyl groups is 1. The number of ether oxygens (including phenoxy) is 1. The van der Waals surface area contributed by atoms with E-state index in [9.17, 15) is 9.18 Å². The van der Waals surface area contributed by atoms with Gasteiger partial charge in [0.25, 0.3) is 0 Å². The van der Waals surface area contributed by atoms with E-state index in [4.69, 9.17) is 9.84 Å². The van der Waals surface area contributed by atoms with Gasteiger partial charge < -0.3 is 9.84 Å². The van der Waals surface area contributed by atoms with Crippen LogP contribution in [0.1, 0.15) is 16.1 Å². The molecule has 0 aliphatic rings. The molecule has 1 N–H and O–H groups in total. The van der Waals surface area contributed by atoms with Gasteiger partial charge in [0.2, 0.25) is 5.78 Å². The highest BCUT2D eigenvalue weighted by Crippen LogP contribution is 2.31. The summed E-state index contributed by atoms with van der Waals surface area (Å²) in [6, 6.07) is 6.02. The van der Waals surface area contributed by atoms with Crippen LogP contribution in [0.5, 0.6) is 11.5 Å². The maximum atomic E-state index is 13.7. The van der Waals surface area contributed by atoms with E-state index in [2.05, 4.69) is 20.9 Å². The van der Waals surface area contributed by atoms with Crippen LogP contribution in [0.25, 0.3) is 0 Å². The lowest BCUT2D eigenvalue weighted by Crippen LogP contribution is -2.06. The van der Waals surface area contributed by atoms with Crippen LogP contribution in [0.2, 0.25) is 0 Å². The summed E-state index contributed by atoms with van der Waals surface area (Å²) in [6.45, 7) is 1.16. The fraction of sp³-hybridized carbons (Fsp3) is 0.143. The Balaban J connectivity index is 2.28. The summed E-state index contributed by atoms with van der Waals surface area (Å²) in [4.78, 5) is 15.2. The van der Waals surface area contributed by atoms with Crippen LogP contribution in [0.3, 0.4) is 0 Å². The molecule has 0 atom stereocenters. The average molecular weight is 340 g/mol. The summed E-state index contributed by atoms with van der Waals surface area (Å²) in [5.74, 6) is -0.632. The minimum atomic E-state index is -0.619. The zero-order chi connectivity index (χ0) is 14.7. The largest absolute Gasteiger partial charge is 0.451 e. The highest BCUT2D eigenvalue weighted by molar-refractivity contribution is 9.10. The van der Waals surface area contributed by atoms with E-state index in [1.54, 1.807) is 13.0 Å². The van der Waals surface area contributed by atoms with Crippen molar-refractivity contribution in [1.29, 1.82) is 0 Å². The van der Waals surface area contributed by atoms with Gasteiger partial charge in [0.1, 0.15) is 12.3 Å². The Kier molecular flexibility index (Phi) is 4.46. The van der Waals surface area contributed by atoms with E-state index in [1.165, 1.54) is 24.4 Å². The second-order valence-electron chi connectivity index (χ2n) is 4.12. The summed E-state index contributed by atoms with van der Waals surface area (Å²) in [7, 11) is 0. The molecule has 0 bridgehead atoms. The molecule has 104 valence electrons. The molecule has 20 heavy (non-hydrogen) atoms. The summed E-state index contributed by atoms with van der Waals surface area (Å²) < 4.78 is 19.5. The highest BCUT2D eigenvalue weighted by Gasteiger charge is 2.12. The Bertz CT molecular complexity index is 661. The van der Waals surface area contributed by atoms with E-state index in [-0.39, 0.29) is 17.2 Å². The van der Waals surface area contributed by atoms with Crippen molar-refractivity contribution in [1.82, 2.24) is 4.98 Å². The quantitative estimate of drug-likeness (QED) is 0.868. The van der Waals surface area contributed by atoms with Crippen LogP contribution >= 0.6 is 15.9 Å². The molecule has 2 aromatic rings. The van der Waals surface area contributed by atoms with Crippen molar-refractivity contribution >= 4 is 21.7 Å². The number of ketones is 1. The van der Waals surface area contributed by atoms with Gasteiger partial charge in [-0.25, -0.2) is 9.37 Å². The summed E-state index contributed by atoms with van der Waals surface area (Å²) in [5.41, 5.74) is 0.895. The molecular weight excluding hydrogens is 329 g/mol. The van der Waals surface area contributed by atoms with Crippen molar-refractivity contribution in [2.45, 2.75) is 6.92 Å². The van der Waals surface area contributed by atoms with E-state index in [1.807, 2.05) is 0 Å². The first-order valence-electron chi connectivity index (χ1n) is 5.75. The van der Waals surface area contributed by atoms with Gasteiger partial charge in [0.05, 0.1) is 10.7 Å². The number of halogens is 2. The van der Waals surface area contributed by atoms with E-state index >= 15 is 0 Å². The minimum Gasteiger partial charge on any atom is -0.451 e. The van der Waals surface area contributed by atoms with Crippen LogP contribution in [-0.2, 0) is 0 Å². The number of hydrogen-bond acceptors (Lipinski definition) is 4. The summed E-state index contributed by atoms with van der Waals surface area (Å²) in [5, 5.41) is 8.76. The monoisotopic (exact) mass is 339 g/mol. The van der Waals surface area contributed by atoms with E-state index < -0.39 is 18.2 Å². The Morgan fingerprint density at radius 1 is 1.40 bits per heavy atom. The van der Waals surface area contributed by atoms with Gasteiger partial charge in [-0.3, -0.25) is 4.79 Å². The van der Waals surface area contributed by atoms with E-state index in [0.29, 0.717) is 4.47 Å². The molecule has 1 heterocycles. The number of carbonyl (C=O) groups is 1. The summed E-state index contributed by atoms with van der Waals surface area (Å²) >= 11 is 3.22. The van der Waals surface area contributed by atoms with Crippen molar-refractivity contribution in [2.75, 3.05) is 6.61 Å². The SMILES string of the molecule is Cc1ccc(Oc2cnc(C(=O)CO)cc2Br)c(F)c1. The number of aryl methyl sites for hydroxylation is 1. The number of benzene rings is 1. The molecule has 0 unspecified atom stereocenters. The number of Topliss-reactive ketones (excluding diaryl/α,β-unsaturated/α-hetero) is 1. The number of carbonyl (C=O) groups excluding carboxylic acids is 1. The number of hydrogen-bond donors (Lipinski definition) is 1. The molecule has 0 amide bonds. The van der Waals surface area contributed by atoms with Gasteiger partial charge >= 0.3 is 0 Å². The first-order chi connectivity index (χ1) is 9.51. The zero-order valence-electron chi connectivity index (χ0n) is 10.6. The Hall–Kier alpha value is -1.79. The van der Waals surface area contributed by atoms with Gasteiger partial charge in [-0.15, -0.1) is 0 Å². The smallest absolute Gasteiger partial charge is 0.206 e. The third-order valence-corrected chi connectivity index (χ3v) is 3.18. The van der Waals surface area contributed by atoms with E-state index in [0.717, 1.165) is 5.56 Å². The number of aliphatic hydroxyl groups excluding tert-OH is 1. The molecule has 0 fully saturated rings. The second-order valence-corrected chi connectivity index (χ2v) is 4.97. The Labute approximate surface area is 123 Å². The molecule has 0 saturated carbocycles. The number of pyridine rings is 1. The first-order valence-corrected chi connectivity index (χ1v) is 6.54. The number of aromatic nitrogens is 1. The topological polar surface area (TPSA) is 59.4 Å². The highest BCUT2D eigenvalue weighted by atomic mass is 79.9. The van der Waals surface area contributed by atoms with Crippen molar-refractivity contribution in [3.8, 4) is 11.5 Å². The lowest BCUT2D eigenvalue weighted by Gasteiger charge is -2.09. The molecule has 0 aliphatic heterocycles. The molecule has 0 radical (unpaired) electrons. The molecule has 1 aromatic carbocycles. The van der Waals surface area contributed by atoms with Crippen LogP contribution in [-0.4, -0.2) is 22.5 Å². The van der Waals surface area contributed by atoms with Gasteiger partial charge in [-0.2, -0.15) is 0 Å². The lowest BCUT2D eigenvalue weighted by molar-refractivity contribution is 0.0898. The number of nitrogens with zero attached hydrogens (tertiary/aromatic N) is 1. The van der Waals surface area contributed by atoms with Gasteiger partial charge in [0, 0.05) is 0 Å². The first kappa shape index (κ1) is 14.6. The fourth-order valence-corrected chi connectivity index (χ4v) is 1.93. The lowest BCUT2D eigenvalue weighted by atomic mass is 10.2. The Morgan fingerprint density at radius 2 is 2.15 bits per heavy atom. The predicted octanol–water partition coefficient (Wildman–Crippen LogP) is 3.26. The molecule has 6 heteroatoms. The maximum Gasteiger partial charge on any atom is 0.206 e. The van der Waals surface area contributed by atoms with Crippen molar-refractivity contribution in [3.05, 3.63) is 52.0 Å². The molecule has 2 rings (SSSR count). The van der Waals surface area contributed by atoms with Crippen molar-refractivity contribution < 1.29 is 19.0 Å².